The van der Waals surface area contributed by atoms with Crippen LogP contribution in [-0.4, -0.2) is 24.1 Å². The Morgan fingerprint density at radius 2 is 1.14 bits per heavy atom. The first-order valence-corrected chi connectivity index (χ1v) is 8.46. The predicted molar refractivity (Wildman–Crippen MR) is 84.0 cm³/mol. The molecule has 0 N–H and O–H groups in total. The van der Waals surface area contributed by atoms with Crippen LogP contribution in [0.15, 0.2) is 0 Å². The maximum atomic E-state index is 11.7. The van der Waals surface area contributed by atoms with Crippen LogP contribution in [0.3, 0.4) is 0 Å². The Kier molecular flexibility index (Phi) is 12.0. The van der Waals surface area contributed by atoms with E-state index >= 15 is 0 Å². The Bertz CT molecular complexity index is 261. The summed E-state index contributed by atoms with van der Waals surface area (Å²) in [5.41, 5.74) is 0. The summed E-state index contributed by atoms with van der Waals surface area (Å²) in [5.74, 6) is -0.929. The average Bonchev–Trinajstić information content (AvgIpc) is 2.47. The highest BCUT2D eigenvalue weighted by molar-refractivity contribution is 5.91. The molecule has 0 aromatic carbocycles. The molecule has 0 saturated carbocycles. The summed E-state index contributed by atoms with van der Waals surface area (Å²) >= 11 is 0. The van der Waals surface area contributed by atoms with Gasteiger partial charge in [-0.05, 0) is 25.7 Å². The number of hydrogen-bond donors (Lipinski definition) is 0. The Balaban J connectivity index is 4.08. The molecule has 0 fully saturated rings. The topological polar surface area (TPSA) is 52.6 Å². The Labute approximate surface area is 129 Å². The van der Waals surface area contributed by atoms with Crippen LogP contribution >= 0.6 is 0 Å². The third-order valence-electron chi connectivity index (χ3n) is 3.55. The summed E-state index contributed by atoms with van der Waals surface area (Å²) in [6, 6.07) is 0. The summed E-state index contributed by atoms with van der Waals surface area (Å²) in [6.45, 7) is 8.19. The van der Waals surface area contributed by atoms with Gasteiger partial charge in [-0.1, -0.05) is 53.4 Å². The number of unbranched alkanes of at least 4 members (excludes halogenated alkanes) is 2. The molecule has 124 valence electrons. The van der Waals surface area contributed by atoms with E-state index < -0.39 is 11.9 Å². The van der Waals surface area contributed by atoms with Crippen molar-refractivity contribution in [1.82, 2.24) is 0 Å². The van der Waals surface area contributed by atoms with Crippen molar-refractivity contribution in [2.75, 3.05) is 0 Å². The molecule has 2 unspecified atom stereocenters. The zero-order chi connectivity index (χ0) is 16.1. The first kappa shape index (κ1) is 19.9. The molecule has 0 spiro atoms. The van der Waals surface area contributed by atoms with E-state index in [4.69, 9.17) is 9.47 Å². The highest BCUT2D eigenvalue weighted by Crippen LogP contribution is 2.12. The fraction of sp³-hybridized carbons (Fsp3) is 0.882. The quantitative estimate of drug-likeness (QED) is 0.396. The van der Waals surface area contributed by atoms with Crippen molar-refractivity contribution in [2.45, 2.75) is 97.7 Å². The van der Waals surface area contributed by atoms with E-state index in [1.165, 1.54) is 0 Å². The zero-order valence-corrected chi connectivity index (χ0v) is 14.2. The number of ether oxygens (including phenoxy) is 2. The monoisotopic (exact) mass is 300 g/mol. The fourth-order valence-electron chi connectivity index (χ4n) is 2.13. The molecule has 0 bridgehead atoms. The molecule has 0 radical (unpaired) electrons. The summed E-state index contributed by atoms with van der Waals surface area (Å²) in [7, 11) is 0. The third-order valence-corrected chi connectivity index (χ3v) is 3.55. The number of carbonyl (C=O) groups is 2. The first-order chi connectivity index (χ1) is 10.1. The average molecular weight is 300 g/mol. The molecule has 0 rings (SSSR count). The smallest absolute Gasteiger partial charge is 0.317 e. The van der Waals surface area contributed by atoms with E-state index in [1.807, 2.05) is 13.8 Å². The number of rotatable bonds is 12. The third kappa shape index (κ3) is 10.3. The second-order valence-corrected chi connectivity index (χ2v) is 5.50. The SMILES string of the molecule is CCCCC(CC)OC(=O)CC(=O)OC(CC)CCCC. The van der Waals surface area contributed by atoms with Gasteiger partial charge in [0.2, 0.25) is 0 Å². The molecular formula is C17H32O4. The van der Waals surface area contributed by atoms with E-state index in [1.54, 1.807) is 0 Å². The van der Waals surface area contributed by atoms with Crippen LogP contribution in [0.25, 0.3) is 0 Å². The molecule has 0 aliphatic carbocycles. The van der Waals surface area contributed by atoms with Crippen molar-refractivity contribution in [3.63, 3.8) is 0 Å². The van der Waals surface area contributed by atoms with Crippen LogP contribution in [0.1, 0.15) is 85.5 Å². The molecule has 4 nitrogen and oxygen atoms in total. The molecule has 0 aliphatic heterocycles. The molecule has 0 aromatic heterocycles. The summed E-state index contributed by atoms with van der Waals surface area (Å²) < 4.78 is 10.7. The van der Waals surface area contributed by atoms with Crippen LogP contribution < -0.4 is 0 Å². The van der Waals surface area contributed by atoms with Gasteiger partial charge in [-0.2, -0.15) is 0 Å². The first-order valence-electron chi connectivity index (χ1n) is 8.46. The summed E-state index contributed by atoms with van der Waals surface area (Å²) in [6.07, 6.45) is 7.09. The predicted octanol–water partition coefficient (Wildman–Crippen LogP) is 4.40. The van der Waals surface area contributed by atoms with Gasteiger partial charge >= 0.3 is 11.9 Å². The van der Waals surface area contributed by atoms with E-state index in [0.29, 0.717) is 0 Å². The van der Waals surface area contributed by atoms with Crippen LogP contribution in [0.4, 0.5) is 0 Å². The van der Waals surface area contributed by atoms with Gasteiger partial charge in [0.25, 0.3) is 0 Å². The molecule has 0 amide bonds. The number of esters is 2. The van der Waals surface area contributed by atoms with Gasteiger partial charge in [0, 0.05) is 0 Å². The second kappa shape index (κ2) is 12.7. The number of carbonyl (C=O) groups excluding carboxylic acids is 2. The number of hydrogen-bond acceptors (Lipinski definition) is 4. The standard InChI is InChI=1S/C17H32O4/c1-5-9-11-14(7-3)20-16(18)13-17(19)21-15(8-4)12-10-6-2/h14-15H,5-13H2,1-4H3. The summed E-state index contributed by atoms with van der Waals surface area (Å²) in [5, 5.41) is 0. The van der Waals surface area contributed by atoms with Crippen LogP contribution in [-0.2, 0) is 19.1 Å². The molecule has 2 atom stereocenters. The molecule has 0 heterocycles. The van der Waals surface area contributed by atoms with Crippen LogP contribution in [0, 0.1) is 0 Å². The van der Waals surface area contributed by atoms with E-state index in [0.717, 1.165) is 51.4 Å². The zero-order valence-electron chi connectivity index (χ0n) is 14.2. The van der Waals surface area contributed by atoms with E-state index in [9.17, 15) is 9.59 Å². The van der Waals surface area contributed by atoms with Gasteiger partial charge in [-0.25, -0.2) is 0 Å². The normalized spacial score (nSPS) is 13.5. The highest BCUT2D eigenvalue weighted by atomic mass is 16.6. The maximum Gasteiger partial charge on any atom is 0.317 e. The van der Waals surface area contributed by atoms with Gasteiger partial charge in [0.1, 0.15) is 18.6 Å². The van der Waals surface area contributed by atoms with Crippen molar-refractivity contribution in [3.05, 3.63) is 0 Å². The Hall–Kier alpha value is -1.06. The van der Waals surface area contributed by atoms with Gasteiger partial charge in [0.05, 0.1) is 0 Å². The summed E-state index contributed by atoms with van der Waals surface area (Å²) in [4.78, 5) is 23.5. The molecule has 0 saturated heterocycles. The maximum absolute atomic E-state index is 11.7. The lowest BCUT2D eigenvalue weighted by molar-refractivity contribution is -0.160. The van der Waals surface area contributed by atoms with Crippen molar-refractivity contribution >= 4 is 11.9 Å². The second-order valence-electron chi connectivity index (χ2n) is 5.50. The van der Waals surface area contributed by atoms with Crippen molar-refractivity contribution in [3.8, 4) is 0 Å². The molecule has 0 aliphatic rings. The fourth-order valence-corrected chi connectivity index (χ4v) is 2.13. The Morgan fingerprint density at radius 3 is 1.43 bits per heavy atom. The minimum absolute atomic E-state index is 0.0766. The van der Waals surface area contributed by atoms with Crippen LogP contribution in [0.5, 0.6) is 0 Å². The minimum atomic E-state index is -0.465. The van der Waals surface area contributed by atoms with E-state index in [2.05, 4.69) is 13.8 Å². The van der Waals surface area contributed by atoms with Crippen molar-refractivity contribution in [1.29, 1.82) is 0 Å². The van der Waals surface area contributed by atoms with Gasteiger partial charge in [-0.3, -0.25) is 9.59 Å². The molecule has 21 heavy (non-hydrogen) atoms. The minimum Gasteiger partial charge on any atom is -0.462 e. The highest BCUT2D eigenvalue weighted by Gasteiger charge is 2.19. The lowest BCUT2D eigenvalue weighted by atomic mass is 10.1. The van der Waals surface area contributed by atoms with E-state index in [-0.39, 0.29) is 18.6 Å². The van der Waals surface area contributed by atoms with Crippen LogP contribution in [0.2, 0.25) is 0 Å². The van der Waals surface area contributed by atoms with Crippen molar-refractivity contribution in [2.24, 2.45) is 0 Å². The largest absolute Gasteiger partial charge is 0.462 e. The van der Waals surface area contributed by atoms with Gasteiger partial charge in [0.15, 0.2) is 0 Å². The molecule has 4 heteroatoms. The Morgan fingerprint density at radius 1 is 0.762 bits per heavy atom. The lowest BCUT2D eigenvalue weighted by Gasteiger charge is -2.17. The molecule has 0 aromatic rings. The molecular weight excluding hydrogens is 268 g/mol. The van der Waals surface area contributed by atoms with Crippen molar-refractivity contribution < 1.29 is 19.1 Å². The van der Waals surface area contributed by atoms with Gasteiger partial charge < -0.3 is 9.47 Å². The lowest BCUT2D eigenvalue weighted by Crippen LogP contribution is -2.23. The van der Waals surface area contributed by atoms with Gasteiger partial charge in [-0.15, -0.1) is 0 Å².